The Morgan fingerprint density at radius 1 is 1.20 bits per heavy atom. The van der Waals surface area contributed by atoms with Gasteiger partial charge in [-0.15, -0.1) is 0 Å². The molecular weight excluding hydrogens is 248 g/mol. The quantitative estimate of drug-likeness (QED) is 0.788. The van der Waals surface area contributed by atoms with E-state index in [4.69, 9.17) is 5.73 Å². The van der Waals surface area contributed by atoms with Gasteiger partial charge in [0.05, 0.1) is 6.61 Å². The van der Waals surface area contributed by atoms with Gasteiger partial charge in [-0.3, -0.25) is 4.90 Å². The number of rotatable bonds is 6. The van der Waals surface area contributed by atoms with Crippen LogP contribution in [0.25, 0.3) is 0 Å². The van der Waals surface area contributed by atoms with Crippen molar-refractivity contribution in [2.24, 2.45) is 23.0 Å². The first-order chi connectivity index (χ1) is 9.19. The Balaban J connectivity index is 2.89. The zero-order valence-electron chi connectivity index (χ0n) is 14.4. The van der Waals surface area contributed by atoms with Gasteiger partial charge in [-0.25, -0.2) is 0 Å². The molecule has 3 heteroatoms. The van der Waals surface area contributed by atoms with E-state index in [1.165, 1.54) is 25.7 Å². The molecule has 3 nitrogen and oxygen atoms in total. The standard InChI is InChI=1S/C17H36N2O/c1-7-16(2,3)14-9-8-13(11-18)15(10-14)19(6)17(4,5)12-20/h13-15,20H,7-12,18H2,1-6H3. The highest BCUT2D eigenvalue weighted by Crippen LogP contribution is 2.44. The minimum Gasteiger partial charge on any atom is -0.394 e. The maximum Gasteiger partial charge on any atom is 0.0610 e. The predicted octanol–water partition coefficient (Wildman–Crippen LogP) is 2.87. The summed E-state index contributed by atoms with van der Waals surface area (Å²) < 4.78 is 0. The van der Waals surface area contributed by atoms with Crippen molar-refractivity contribution in [3.05, 3.63) is 0 Å². The number of nitrogens with zero attached hydrogens (tertiary/aromatic N) is 1. The average molecular weight is 284 g/mol. The fraction of sp³-hybridized carbons (Fsp3) is 1.00. The van der Waals surface area contributed by atoms with Crippen molar-refractivity contribution in [3.8, 4) is 0 Å². The summed E-state index contributed by atoms with van der Waals surface area (Å²) in [6, 6.07) is 0.492. The van der Waals surface area contributed by atoms with Gasteiger partial charge >= 0.3 is 0 Å². The molecule has 3 unspecified atom stereocenters. The highest BCUT2D eigenvalue weighted by Gasteiger charge is 2.41. The Labute approximate surface area is 125 Å². The van der Waals surface area contributed by atoms with Gasteiger partial charge < -0.3 is 10.8 Å². The molecule has 3 atom stereocenters. The zero-order valence-corrected chi connectivity index (χ0v) is 14.4. The van der Waals surface area contributed by atoms with Gasteiger partial charge in [-0.05, 0) is 64.0 Å². The third-order valence-electron chi connectivity index (χ3n) is 6.11. The monoisotopic (exact) mass is 284 g/mol. The summed E-state index contributed by atoms with van der Waals surface area (Å²) in [6.07, 6.45) is 4.96. The number of aliphatic hydroxyl groups excluding tert-OH is 1. The Morgan fingerprint density at radius 3 is 2.25 bits per heavy atom. The fourth-order valence-corrected chi connectivity index (χ4v) is 3.52. The molecule has 0 saturated heterocycles. The predicted molar refractivity (Wildman–Crippen MR) is 86.7 cm³/mol. The second-order valence-corrected chi connectivity index (χ2v) is 8.00. The third-order valence-corrected chi connectivity index (χ3v) is 6.11. The highest BCUT2D eigenvalue weighted by atomic mass is 16.3. The van der Waals surface area contributed by atoms with Crippen molar-refractivity contribution in [2.75, 3.05) is 20.2 Å². The molecule has 120 valence electrons. The maximum atomic E-state index is 9.65. The van der Waals surface area contributed by atoms with Crippen molar-refractivity contribution < 1.29 is 5.11 Å². The molecule has 0 spiro atoms. The zero-order chi connectivity index (χ0) is 15.6. The van der Waals surface area contributed by atoms with Crippen LogP contribution in [0, 0.1) is 17.3 Å². The molecule has 0 radical (unpaired) electrons. The molecule has 1 aliphatic rings. The Bertz CT molecular complexity index is 301. The van der Waals surface area contributed by atoms with Crippen molar-refractivity contribution in [1.29, 1.82) is 0 Å². The van der Waals surface area contributed by atoms with Gasteiger partial charge in [0.25, 0.3) is 0 Å². The molecule has 0 aliphatic heterocycles. The van der Waals surface area contributed by atoms with Crippen molar-refractivity contribution in [3.63, 3.8) is 0 Å². The SMILES string of the molecule is CCC(C)(C)C1CCC(CN)C(N(C)C(C)(C)CO)C1. The molecule has 0 aromatic carbocycles. The fourth-order valence-electron chi connectivity index (χ4n) is 3.52. The van der Waals surface area contributed by atoms with Crippen LogP contribution in [0.5, 0.6) is 0 Å². The van der Waals surface area contributed by atoms with E-state index in [0.717, 1.165) is 12.5 Å². The van der Waals surface area contributed by atoms with Crippen LogP contribution in [0.3, 0.4) is 0 Å². The lowest BCUT2D eigenvalue weighted by molar-refractivity contribution is -0.0184. The molecule has 0 heterocycles. The summed E-state index contributed by atoms with van der Waals surface area (Å²) in [5.74, 6) is 1.33. The van der Waals surface area contributed by atoms with E-state index in [2.05, 4.69) is 46.6 Å². The van der Waals surface area contributed by atoms with E-state index in [9.17, 15) is 5.11 Å². The summed E-state index contributed by atoms with van der Waals surface area (Å²) in [6.45, 7) is 12.3. The summed E-state index contributed by atoms with van der Waals surface area (Å²) >= 11 is 0. The molecule has 1 saturated carbocycles. The summed E-state index contributed by atoms with van der Waals surface area (Å²) in [7, 11) is 2.16. The lowest BCUT2D eigenvalue weighted by Gasteiger charge is -2.50. The lowest BCUT2D eigenvalue weighted by atomic mass is 9.65. The third kappa shape index (κ3) is 3.75. The van der Waals surface area contributed by atoms with E-state index in [1.54, 1.807) is 0 Å². The van der Waals surface area contributed by atoms with E-state index in [-0.39, 0.29) is 12.1 Å². The lowest BCUT2D eigenvalue weighted by Crippen LogP contribution is -2.56. The smallest absolute Gasteiger partial charge is 0.0610 e. The second-order valence-electron chi connectivity index (χ2n) is 8.00. The van der Waals surface area contributed by atoms with Crippen molar-refractivity contribution in [1.82, 2.24) is 4.90 Å². The molecule has 20 heavy (non-hydrogen) atoms. The largest absolute Gasteiger partial charge is 0.394 e. The summed E-state index contributed by atoms with van der Waals surface area (Å²) in [5.41, 5.74) is 6.25. The molecule has 1 rings (SSSR count). The van der Waals surface area contributed by atoms with E-state index >= 15 is 0 Å². The topological polar surface area (TPSA) is 49.5 Å². The van der Waals surface area contributed by atoms with Crippen molar-refractivity contribution in [2.45, 2.75) is 71.9 Å². The minimum atomic E-state index is -0.170. The van der Waals surface area contributed by atoms with Gasteiger partial charge in [-0.1, -0.05) is 27.2 Å². The number of aliphatic hydroxyl groups is 1. The van der Waals surface area contributed by atoms with Crippen LogP contribution in [-0.2, 0) is 0 Å². The van der Waals surface area contributed by atoms with Crippen LogP contribution in [0.1, 0.15) is 60.3 Å². The van der Waals surface area contributed by atoms with Crippen LogP contribution in [0.15, 0.2) is 0 Å². The summed E-state index contributed by atoms with van der Waals surface area (Å²) in [5, 5.41) is 9.65. The Morgan fingerprint density at radius 2 is 1.80 bits per heavy atom. The molecule has 0 aromatic heterocycles. The molecule has 1 aliphatic carbocycles. The van der Waals surface area contributed by atoms with E-state index in [1.807, 2.05) is 0 Å². The molecule has 3 N–H and O–H groups in total. The average Bonchev–Trinajstić information content (AvgIpc) is 2.45. The first-order valence-corrected chi connectivity index (χ1v) is 8.23. The molecule has 0 amide bonds. The Hall–Kier alpha value is -0.120. The van der Waals surface area contributed by atoms with E-state index in [0.29, 0.717) is 17.4 Å². The van der Waals surface area contributed by atoms with Crippen molar-refractivity contribution >= 4 is 0 Å². The van der Waals surface area contributed by atoms with Gasteiger partial charge in [0.1, 0.15) is 0 Å². The Kier molecular flexibility index (Phi) is 6.06. The van der Waals surface area contributed by atoms with Gasteiger partial charge in [0.2, 0.25) is 0 Å². The van der Waals surface area contributed by atoms with Gasteiger partial charge in [-0.2, -0.15) is 0 Å². The molecular formula is C17H36N2O. The maximum absolute atomic E-state index is 9.65. The van der Waals surface area contributed by atoms with E-state index < -0.39 is 0 Å². The van der Waals surface area contributed by atoms with Gasteiger partial charge in [0.15, 0.2) is 0 Å². The van der Waals surface area contributed by atoms with Crippen LogP contribution in [0.4, 0.5) is 0 Å². The second kappa shape index (κ2) is 6.76. The first-order valence-electron chi connectivity index (χ1n) is 8.23. The van der Waals surface area contributed by atoms with Gasteiger partial charge in [0, 0.05) is 11.6 Å². The number of nitrogens with two attached hydrogens (primary N) is 1. The van der Waals surface area contributed by atoms with Crippen LogP contribution in [0.2, 0.25) is 0 Å². The molecule has 0 aromatic rings. The molecule has 1 fully saturated rings. The number of hydrogen-bond acceptors (Lipinski definition) is 3. The highest BCUT2D eigenvalue weighted by molar-refractivity contribution is 4.95. The number of hydrogen-bond donors (Lipinski definition) is 2. The van der Waals surface area contributed by atoms with Crippen LogP contribution >= 0.6 is 0 Å². The van der Waals surface area contributed by atoms with Crippen LogP contribution in [-0.4, -0.2) is 41.8 Å². The minimum absolute atomic E-state index is 0.170. The first kappa shape index (κ1) is 17.9. The molecule has 0 bridgehead atoms. The van der Waals surface area contributed by atoms with Crippen LogP contribution < -0.4 is 5.73 Å². The number of likely N-dealkylation sites (N-methyl/N-ethyl adjacent to an activating group) is 1. The normalized spacial score (nSPS) is 28.9. The summed E-state index contributed by atoms with van der Waals surface area (Å²) in [4.78, 5) is 2.38.